The Morgan fingerprint density at radius 3 is 2.61 bits per heavy atom. The van der Waals surface area contributed by atoms with Crippen LogP contribution in [0.4, 0.5) is 0 Å². The van der Waals surface area contributed by atoms with Gasteiger partial charge in [-0.05, 0) is 36.4 Å². The summed E-state index contributed by atoms with van der Waals surface area (Å²) in [4.78, 5) is 16.6. The molecule has 0 amide bonds. The molecule has 3 rings (SSSR count). The standard InChI is InChI=1S/C18H12BrNO2S/c19-13-7-5-12(6-8-13)18-20-14(11-23-18)9-10-17(22)15-3-1-2-4-16(15)21/h1-11,21H/b10-9+. The number of rotatable bonds is 4. The number of hydrogen-bond donors (Lipinski definition) is 1. The zero-order chi connectivity index (χ0) is 16.2. The summed E-state index contributed by atoms with van der Waals surface area (Å²) in [5, 5.41) is 12.5. The summed E-state index contributed by atoms with van der Waals surface area (Å²) in [6.07, 6.45) is 3.09. The molecular weight excluding hydrogens is 374 g/mol. The first-order chi connectivity index (χ1) is 11.1. The molecule has 0 aliphatic heterocycles. The lowest BCUT2D eigenvalue weighted by molar-refractivity contribution is 0.104. The molecular formula is C18H12BrNO2S. The van der Waals surface area contributed by atoms with E-state index in [4.69, 9.17) is 0 Å². The minimum Gasteiger partial charge on any atom is -0.507 e. The molecule has 0 fully saturated rings. The van der Waals surface area contributed by atoms with Crippen molar-refractivity contribution in [3.05, 3.63) is 75.7 Å². The lowest BCUT2D eigenvalue weighted by Crippen LogP contribution is -1.94. The number of thiazole rings is 1. The minimum atomic E-state index is -0.249. The van der Waals surface area contributed by atoms with Crippen molar-refractivity contribution in [3.63, 3.8) is 0 Å². The fraction of sp³-hybridized carbons (Fsp3) is 0. The zero-order valence-electron chi connectivity index (χ0n) is 11.9. The summed E-state index contributed by atoms with van der Waals surface area (Å²) in [5.41, 5.74) is 2.04. The fourth-order valence-electron chi connectivity index (χ4n) is 2.02. The van der Waals surface area contributed by atoms with Crippen LogP contribution >= 0.6 is 27.3 Å². The molecule has 3 nitrogen and oxygen atoms in total. The molecule has 0 bridgehead atoms. The second kappa shape index (κ2) is 6.89. The molecule has 3 aromatic rings. The van der Waals surface area contributed by atoms with Crippen molar-refractivity contribution in [2.24, 2.45) is 0 Å². The van der Waals surface area contributed by atoms with E-state index in [1.54, 1.807) is 24.3 Å². The van der Waals surface area contributed by atoms with Crippen molar-refractivity contribution in [1.82, 2.24) is 4.98 Å². The molecule has 0 atom stereocenters. The first kappa shape index (κ1) is 15.6. The van der Waals surface area contributed by atoms with E-state index in [0.717, 1.165) is 20.7 Å². The molecule has 0 saturated carbocycles. The Morgan fingerprint density at radius 1 is 1.13 bits per heavy atom. The average molecular weight is 386 g/mol. The van der Waals surface area contributed by atoms with Crippen LogP contribution in [0, 0.1) is 0 Å². The van der Waals surface area contributed by atoms with Crippen LogP contribution in [0.5, 0.6) is 5.75 Å². The van der Waals surface area contributed by atoms with Gasteiger partial charge in [-0.2, -0.15) is 0 Å². The second-order valence-corrected chi connectivity index (χ2v) is 6.57. The maximum Gasteiger partial charge on any atom is 0.189 e. The molecule has 23 heavy (non-hydrogen) atoms. The number of phenols is 1. The Bertz CT molecular complexity index is 869. The molecule has 1 heterocycles. The van der Waals surface area contributed by atoms with Gasteiger partial charge in [0.15, 0.2) is 5.78 Å². The lowest BCUT2D eigenvalue weighted by Gasteiger charge is -1.98. The molecule has 0 aliphatic rings. The van der Waals surface area contributed by atoms with E-state index in [9.17, 15) is 9.90 Å². The molecule has 114 valence electrons. The zero-order valence-corrected chi connectivity index (χ0v) is 14.3. The van der Waals surface area contributed by atoms with Crippen LogP contribution < -0.4 is 0 Å². The molecule has 5 heteroatoms. The van der Waals surface area contributed by atoms with Crippen LogP contribution in [-0.4, -0.2) is 15.9 Å². The van der Waals surface area contributed by atoms with Crippen LogP contribution in [0.25, 0.3) is 16.6 Å². The molecule has 0 saturated heterocycles. The van der Waals surface area contributed by atoms with E-state index in [1.807, 2.05) is 29.6 Å². The highest BCUT2D eigenvalue weighted by Gasteiger charge is 2.07. The Kier molecular flexibility index (Phi) is 4.69. The number of nitrogens with zero attached hydrogens (tertiary/aromatic N) is 1. The van der Waals surface area contributed by atoms with E-state index in [-0.39, 0.29) is 17.1 Å². The Balaban J connectivity index is 1.77. The molecule has 2 aromatic carbocycles. The maximum atomic E-state index is 12.1. The van der Waals surface area contributed by atoms with Gasteiger partial charge in [-0.15, -0.1) is 11.3 Å². The van der Waals surface area contributed by atoms with Gasteiger partial charge in [0.05, 0.1) is 11.3 Å². The third-order valence-corrected chi connectivity index (χ3v) is 4.63. The predicted octanol–water partition coefficient (Wildman–Crippen LogP) is 5.17. The minimum absolute atomic E-state index is 0.0176. The van der Waals surface area contributed by atoms with Crippen LogP contribution in [0.1, 0.15) is 16.1 Å². The predicted molar refractivity (Wildman–Crippen MR) is 96.7 cm³/mol. The number of phenolic OH excluding ortho intramolecular Hbond substituents is 1. The van der Waals surface area contributed by atoms with Crippen molar-refractivity contribution in [2.75, 3.05) is 0 Å². The summed E-state index contributed by atoms with van der Waals surface area (Å²) in [5.74, 6) is -0.266. The average Bonchev–Trinajstić information content (AvgIpc) is 3.03. The van der Waals surface area contributed by atoms with E-state index >= 15 is 0 Å². The van der Waals surface area contributed by atoms with Gasteiger partial charge in [0, 0.05) is 15.4 Å². The number of benzene rings is 2. The molecule has 1 aromatic heterocycles. The van der Waals surface area contributed by atoms with Crippen LogP contribution in [0.3, 0.4) is 0 Å². The van der Waals surface area contributed by atoms with Gasteiger partial charge in [-0.1, -0.05) is 40.2 Å². The summed E-state index contributed by atoms with van der Waals surface area (Å²) >= 11 is 4.93. The van der Waals surface area contributed by atoms with Crippen LogP contribution in [0.15, 0.2) is 64.5 Å². The summed E-state index contributed by atoms with van der Waals surface area (Å²) < 4.78 is 1.02. The molecule has 1 N–H and O–H groups in total. The van der Waals surface area contributed by atoms with Gasteiger partial charge < -0.3 is 5.11 Å². The quantitative estimate of drug-likeness (QED) is 0.497. The highest BCUT2D eigenvalue weighted by atomic mass is 79.9. The molecule has 0 aliphatic carbocycles. The fourth-order valence-corrected chi connectivity index (χ4v) is 3.08. The van der Waals surface area contributed by atoms with Crippen LogP contribution in [-0.2, 0) is 0 Å². The normalized spacial score (nSPS) is 11.0. The van der Waals surface area contributed by atoms with Crippen molar-refractivity contribution < 1.29 is 9.90 Å². The monoisotopic (exact) mass is 385 g/mol. The summed E-state index contributed by atoms with van der Waals surface area (Å²) in [6.45, 7) is 0. The number of hydrogen-bond acceptors (Lipinski definition) is 4. The Hall–Kier alpha value is -2.24. The number of aromatic hydroxyl groups is 1. The number of halogens is 1. The van der Waals surface area contributed by atoms with Gasteiger partial charge in [0.2, 0.25) is 0 Å². The number of ketones is 1. The van der Waals surface area contributed by atoms with Gasteiger partial charge in [0.25, 0.3) is 0 Å². The number of carbonyl (C=O) groups is 1. The van der Waals surface area contributed by atoms with E-state index in [1.165, 1.54) is 23.5 Å². The second-order valence-electron chi connectivity index (χ2n) is 4.80. The lowest BCUT2D eigenvalue weighted by atomic mass is 10.1. The third-order valence-electron chi connectivity index (χ3n) is 3.19. The van der Waals surface area contributed by atoms with Gasteiger partial charge in [0.1, 0.15) is 10.8 Å². The maximum absolute atomic E-state index is 12.1. The third kappa shape index (κ3) is 3.75. The first-order valence-corrected chi connectivity index (χ1v) is 8.52. The first-order valence-electron chi connectivity index (χ1n) is 6.85. The molecule has 0 radical (unpaired) electrons. The smallest absolute Gasteiger partial charge is 0.189 e. The van der Waals surface area contributed by atoms with Gasteiger partial charge in [-0.3, -0.25) is 4.79 Å². The van der Waals surface area contributed by atoms with Gasteiger partial charge in [-0.25, -0.2) is 4.98 Å². The van der Waals surface area contributed by atoms with E-state index in [2.05, 4.69) is 20.9 Å². The Morgan fingerprint density at radius 2 is 1.87 bits per heavy atom. The number of allylic oxidation sites excluding steroid dienone is 1. The highest BCUT2D eigenvalue weighted by molar-refractivity contribution is 9.10. The SMILES string of the molecule is O=C(/C=C/c1csc(-c2ccc(Br)cc2)n1)c1ccccc1O. The van der Waals surface area contributed by atoms with E-state index in [0.29, 0.717) is 0 Å². The Labute approximate surface area is 146 Å². The largest absolute Gasteiger partial charge is 0.507 e. The highest BCUT2D eigenvalue weighted by Crippen LogP contribution is 2.26. The number of aromatic nitrogens is 1. The number of carbonyl (C=O) groups excluding carboxylic acids is 1. The van der Waals surface area contributed by atoms with Crippen molar-refractivity contribution in [3.8, 4) is 16.3 Å². The van der Waals surface area contributed by atoms with E-state index < -0.39 is 0 Å². The van der Waals surface area contributed by atoms with Crippen molar-refractivity contribution >= 4 is 39.1 Å². The summed E-state index contributed by atoms with van der Waals surface area (Å²) in [6, 6.07) is 14.4. The summed E-state index contributed by atoms with van der Waals surface area (Å²) in [7, 11) is 0. The topological polar surface area (TPSA) is 50.2 Å². The van der Waals surface area contributed by atoms with Gasteiger partial charge >= 0.3 is 0 Å². The molecule has 0 spiro atoms. The molecule has 0 unspecified atom stereocenters. The van der Waals surface area contributed by atoms with Crippen molar-refractivity contribution in [1.29, 1.82) is 0 Å². The van der Waals surface area contributed by atoms with Crippen molar-refractivity contribution in [2.45, 2.75) is 0 Å². The van der Waals surface area contributed by atoms with Crippen LogP contribution in [0.2, 0.25) is 0 Å². The number of para-hydroxylation sites is 1.